The highest BCUT2D eigenvalue weighted by Crippen LogP contribution is 2.52. The normalized spacial score (nSPS) is 24.5. The fraction of sp³-hybridized carbons (Fsp3) is 0.278. The summed E-state index contributed by atoms with van der Waals surface area (Å²) in [4.78, 5) is 0. The largest absolute Gasteiger partial charge is 0.497 e. The molecule has 2 aromatic carbocycles. The van der Waals surface area contributed by atoms with Gasteiger partial charge in [0.2, 0.25) is 0 Å². The van der Waals surface area contributed by atoms with Crippen molar-refractivity contribution in [3.63, 3.8) is 0 Å². The number of ether oxygens (including phenoxy) is 1. The summed E-state index contributed by atoms with van der Waals surface area (Å²) in [5.74, 6) is 1.31. The average molecular weight is 263 g/mol. The van der Waals surface area contributed by atoms with E-state index in [1.807, 2.05) is 30.3 Å². The zero-order valence-electron chi connectivity index (χ0n) is 11.5. The third-order valence-corrected chi connectivity index (χ3v) is 4.30. The van der Waals surface area contributed by atoms with Gasteiger partial charge in [-0.15, -0.1) is 0 Å². The number of hydrogen-bond donors (Lipinski definition) is 0. The Kier molecular flexibility index (Phi) is 3.20. The monoisotopic (exact) mass is 263 g/mol. The van der Waals surface area contributed by atoms with Crippen LogP contribution in [-0.2, 0) is 5.41 Å². The zero-order valence-corrected chi connectivity index (χ0v) is 11.5. The molecule has 0 amide bonds. The molecule has 2 heteroatoms. The maximum Gasteiger partial charge on any atom is 0.119 e. The zero-order chi connectivity index (χ0) is 14.0. The lowest BCUT2D eigenvalue weighted by atomic mass is 9.58. The van der Waals surface area contributed by atoms with E-state index in [9.17, 15) is 5.26 Å². The van der Waals surface area contributed by atoms with Crippen molar-refractivity contribution in [1.29, 1.82) is 5.26 Å². The first-order valence-electron chi connectivity index (χ1n) is 6.88. The van der Waals surface area contributed by atoms with E-state index in [4.69, 9.17) is 4.74 Å². The lowest BCUT2D eigenvalue weighted by Gasteiger charge is -2.43. The first kappa shape index (κ1) is 12.7. The standard InChI is InChI=1S/C18H17NO/c1-20-17-9-5-8-16(10-17)18(13-19)11-15(12-18)14-6-3-2-4-7-14/h2-10,15H,11-12H2,1H3. The van der Waals surface area contributed by atoms with E-state index in [1.165, 1.54) is 5.56 Å². The summed E-state index contributed by atoms with van der Waals surface area (Å²) >= 11 is 0. The molecule has 1 fully saturated rings. The molecular weight excluding hydrogens is 246 g/mol. The number of hydrogen-bond acceptors (Lipinski definition) is 2. The number of benzene rings is 2. The molecule has 0 bridgehead atoms. The predicted octanol–water partition coefficient (Wildman–Crippen LogP) is 4.03. The van der Waals surface area contributed by atoms with E-state index in [-0.39, 0.29) is 5.41 Å². The van der Waals surface area contributed by atoms with Gasteiger partial charge in [0.1, 0.15) is 5.75 Å². The minimum Gasteiger partial charge on any atom is -0.497 e. The van der Waals surface area contributed by atoms with Crippen LogP contribution >= 0.6 is 0 Å². The topological polar surface area (TPSA) is 33.0 Å². The highest BCUT2D eigenvalue weighted by molar-refractivity contribution is 5.43. The van der Waals surface area contributed by atoms with E-state index < -0.39 is 0 Å². The van der Waals surface area contributed by atoms with Gasteiger partial charge in [-0.05, 0) is 42.0 Å². The van der Waals surface area contributed by atoms with Crippen molar-refractivity contribution in [3.8, 4) is 11.8 Å². The third-order valence-electron chi connectivity index (χ3n) is 4.30. The van der Waals surface area contributed by atoms with Crippen LogP contribution in [0.15, 0.2) is 54.6 Å². The van der Waals surface area contributed by atoms with Crippen LogP contribution in [0.3, 0.4) is 0 Å². The van der Waals surface area contributed by atoms with Gasteiger partial charge in [-0.3, -0.25) is 0 Å². The second kappa shape index (κ2) is 5.02. The minimum absolute atomic E-state index is 0.352. The first-order valence-corrected chi connectivity index (χ1v) is 6.88. The fourth-order valence-electron chi connectivity index (χ4n) is 3.05. The summed E-state index contributed by atoms with van der Waals surface area (Å²) < 4.78 is 5.27. The summed E-state index contributed by atoms with van der Waals surface area (Å²) in [5, 5.41) is 9.63. The smallest absolute Gasteiger partial charge is 0.119 e. The second-order valence-electron chi connectivity index (χ2n) is 5.44. The average Bonchev–Trinajstić information content (AvgIpc) is 2.48. The number of nitrogens with zero attached hydrogens (tertiary/aromatic N) is 1. The molecule has 1 saturated carbocycles. The van der Waals surface area contributed by atoms with Crippen LogP contribution in [0.1, 0.15) is 29.9 Å². The molecule has 1 aliphatic rings. The summed E-state index contributed by atoms with van der Waals surface area (Å²) in [6.45, 7) is 0. The summed E-state index contributed by atoms with van der Waals surface area (Å²) in [5.41, 5.74) is 2.06. The maximum atomic E-state index is 9.63. The van der Waals surface area contributed by atoms with Crippen molar-refractivity contribution >= 4 is 0 Å². The Labute approximate surface area is 119 Å². The van der Waals surface area contributed by atoms with Crippen molar-refractivity contribution in [2.75, 3.05) is 7.11 Å². The summed E-state index contributed by atoms with van der Waals surface area (Å²) in [6, 6.07) is 20.9. The fourth-order valence-corrected chi connectivity index (χ4v) is 3.05. The predicted molar refractivity (Wildman–Crippen MR) is 78.7 cm³/mol. The molecule has 0 aromatic heterocycles. The van der Waals surface area contributed by atoms with Crippen LogP contribution in [0.4, 0.5) is 0 Å². The van der Waals surface area contributed by atoms with Gasteiger partial charge in [-0.1, -0.05) is 42.5 Å². The molecular formula is C18H17NO. The quantitative estimate of drug-likeness (QED) is 0.837. The van der Waals surface area contributed by atoms with Gasteiger partial charge in [-0.25, -0.2) is 0 Å². The Bertz CT molecular complexity index is 636. The highest BCUT2D eigenvalue weighted by Gasteiger charge is 2.46. The van der Waals surface area contributed by atoms with Crippen LogP contribution in [0, 0.1) is 11.3 Å². The van der Waals surface area contributed by atoms with Crippen molar-refractivity contribution < 1.29 is 4.74 Å². The Morgan fingerprint density at radius 3 is 2.50 bits per heavy atom. The van der Waals surface area contributed by atoms with E-state index >= 15 is 0 Å². The van der Waals surface area contributed by atoms with Gasteiger partial charge in [0.15, 0.2) is 0 Å². The van der Waals surface area contributed by atoms with Crippen molar-refractivity contribution in [2.24, 2.45) is 0 Å². The number of nitriles is 1. The van der Waals surface area contributed by atoms with Gasteiger partial charge in [-0.2, -0.15) is 5.26 Å². The van der Waals surface area contributed by atoms with Crippen LogP contribution in [0.5, 0.6) is 5.75 Å². The van der Waals surface area contributed by atoms with Crippen LogP contribution in [-0.4, -0.2) is 7.11 Å². The van der Waals surface area contributed by atoms with Gasteiger partial charge >= 0.3 is 0 Å². The molecule has 3 rings (SSSR count). The van der Waals surface area contributed by atoms with Gasteiger partial charge in [0, 0.05) is 0 Å². The molecule has 1 aliphatic carbocycles. The van der Waals surface area contributed by atoms with Crippen LogP contribution < -0.4 is 4.74 Å². The molecule has 0 radical (unpaired) electrons. The van der Waals surface area contributed by atoms with Gasteiger partial charge in [0.05, 0.1) is 18.6 Å². The molecule has 0 N–H and O–H groups in total. The highest BCUT2D eigenvalue weighted by atomic mass is 16.5. The molecule has 0 heterocycles. The SMILES string of the molecule is COc1cccc(C2(C#N)CC(c3ccccc3)C2)c1. The van der Waals surface area contributed by atoms with E-state index in [0.717, 1.165) is 24.2 Å². The molecule has 0 spiro atoms. The van der Waals surface area contributed by atoms with Gasteiger partial charge in [0.25, 0.3) is 0 Å². The molecule has 2 nitrogen and oxygen atoms in total. The maximum absolute atomic E-state index is 9.63. The minimum atomic E-state index is -0.352. The lowest BCUT2D eigenvalue weighted by molar-refractivity contribution is 0.269. The lowest BCUT2D eigenvalue weighted by Crippen LogP contribution is -2.38. The van der Waals surface area contributed by atoms with Crippen molar-refractivity contribution in [1.82, 2.24) is 0 Å². The summed E-state index contributed by atoms with van der Waals surface area (Å²) in [7, 11) is 1.66. The molecule has 0 aliphatic heterocycles. The van der Waals surface area contributed by atoms with E-state index in [1.54, 1.807) is 7.11 Å². The molecule has 0 unspecified atom stereocenters. The van der Waals surface area contributed by atoms with Crippen molar-refractivity contribution in [3.05, 3.63) is 65.7 Å². The Balaban J connectivity index is 1.84. The molecule has 0 atom stereocenters. The number of rotatable bonds is 3. The third kappa shape index (κ3) is 2.06. The first-order chi connectivity index (χ1) is 9.77. The molecule has 0 saturated heterocycles. The molecule has 2 aromatic rings. The summed E-state index contributed by atoms with van der Waals surface area (Å²) in [6.07, 6.45) is 1.78. The van der Waals surface area contributed by atoms with Crippen LogP contribution in [0.2, 0.25) is 0 Å². The Morgan fingerprint density at radius 1 is 1.10 bits per heavy atom. The van der Waals surface area contributed by atoms with Crippen molar-refractivity contribution in [2.45, 2.75) is 24.2 Å². The van der Waals surface area contributed by atoms with Crippen LogP contribution in [0.25, 0.3) is 0 Å². The molecule has 20 heavy (non-hydrogen) atoms. The van der Waals surface area contributed by atoms with E-state index in [2.05, 4.69) is 30.3 Å². The number of methoxy groups -OCH3 is 1. The molecule has 100 valence electrons. The van der Waals surface area contributed by atoms with Gasteiger partial charge < -0.3 is 4.74 Å². The Hall–Kier alpha value is -2.27. The second-order valence-corrected chi connectivity index (χ2v) is 5.44. The Morgan fingerprint density at radius 2 is 1.85 bits per heavy atom. The van der Waals surface area contributed by atoms with E-state index in [0.29, 0.717) is 5.92 Å².